The minimum atomic E-state index is -0.124. The van der Waals surface area contributed by atoms with Crippen molar-refractivity contribution in [2.24, 2.45) is 10.5 Å². The second-order valence-corrected chi connectivity index (χ2v) is 5.52. The van der Waals surface area contributed by atoms with Gasteiger partial charge in [0.15, 0.2) is 0 Å². The van der Waals surface area contributed by atoms with Crippen LogP contribution in [0.25, 0.3) is 0 Å². The lowest BCUT2D eigenvalue weighted by Crippen LogP contribution is -2.51. The second-order valence-electron chi connectivity index (χ2n) is 5.52. The zero-order valence-electron chi connectivity index (χ0n) is 10.8. The number of hydrogen-bond acceptors (Lipinski definition) is 4. The van der Waals surface area contributed by atoms with Crippen molar-refractivity contribution in [2.75, 3.05) is 10.2 Å². The number of nitrogens with zero attached hydrogens (tertiary/aromatic N) is 2. The Hall–Kier alpha value is -2.04. The molecule has 3 aliphatic rings. The third-order valence-electron chi connectivity index (χ3n) is 4.57. The van der Waals surface area contributed by atoms with E-state index < -0.39 is 0 Å². The zero-order valence-corrected chi connectivity index (χ0v) is 10.8. The van der Waals surface area contributed by atoms with E-state index in [2.05, 4.69) is 27.7 Å². The van der Waals surface area contributed by atoms with Gasteiger partial charge in [0.05, 0.1) is 11.4 Å². The summed E-state index contributed by atoms with van der Waals surface area (Å²) in [6.45, 7) is 2.21. The number of anilines is 2. The van der Waals surface area contributed by atoms with Crippen LogP contribution in [-0.2, 0) is 4.79 Å². The number of nitrogens with one attached hydrogen (secondary N) is 2. The fourth-order valence-electron chi connectivity index (χ4n) is 3.13. The normalized spacial score (nSPS) is 25.9. The van der Waals surface area contributed by atoms with Crippen LogP contribution in [0.2, 0.25) is 0 Å². The number of para-hydroxylation sites is 2. The predicted octanol–water partition coefficient (Wildman–Crippen LogP) is 1.88. The van der Waals surface area contributed by atoms with Crippen LogP contribution in [0.4, 0.5) is 11.4 Å². The molecule has 0 bridgehead atoms. The maximum absolute atomic E-state index is 12.1. The molecule has 1 aromatic rings. The Morgan fingerprint density at radius 3 is 2.95 bits per heavy atom. The van der Waals surface area contributed by atoms with Gasteiger partial charge in [-0.05, 0) is 31.4 Å². The van der Waals surface area contributed by atoms with E-state index in [1.165, 1.54) is 12.8 Å². The Bertz CT molecular complexity index is 591. The van der Waals surface area contributed by atoms with Crippen molar-refractivity contribution in [1.29, 1.82) is 0 Å². The standard InChI is InChI=1S/C14H16N4O/c1-2-14(7-8-14)13-17-16-11-12(19)15-9-5-3-4-6-10(9)18(11)13/h3-6,13,17H,2,7-8H2,1H3,(H,15,19). The molecule has 2 aliphatic heterocycles. The van der Waals surface area contributed by atoms with E-state index in [0.29, 0.717) is 5.84 Å². The quantitative estimate of drug-likeness (QED) is 0.849. The van der Waals surface area contributed by atoms with Gasteiger partial charge in [-0.3, -0.25) is 15.1 Å². The SMILES string of the molecule is CCC1(C2NN=C3C(=O)Nc4ccccc4N32)CC1. The molecule has 1 saturated carbocycles. The summed E-state index contributed by atoms with van der Waals surface area (Å²) >= 11 is 0. The first kappa shape index (κ1) is 10.8. The number of hydrazone groups is 1. The molecular formula is C14H16N4O. The first-order chi connectivity index (χ1) is 9.25. The second kappa shape index (κ2) is 3.50. The van der Waals surface area contributed by atoms with E-state index in [0.717, 1.165) is 17.8 Å². The van der Waals surface area contributed by atoms with Gasteiger partial charge in [0.2, 0.25) is 5.84 Å². The Morgan fingerprint density at radius 1 is 1.42 bits per heavy atom. The van der Waals surface area contributed by atoms with Gasteiger partial charge < -0.3 is 5.32 Å². The molecule has 5 nitrogen and oxygen atoms in total. The summed E-state index contributed by atoms with van der Waals surface area (Å²) in [5.74, 6) is 0.365. The Labute approximate surface area is 111 Å². The van der Waals surface area contributed by atoms with Crippen LogP contribution < -0.4 is 15.6 Å². The van der Waals surface area contributed by atoms with Crippen molar-refractivity contribution in [3.05, 3.63) is 24.3 Å². The highest BCUT2D eigenvalue weighted by atomic mass is 16.2. The van der Waals surface area contributed by atoms with Crippen molar-refractivity contribution < 1.29 is 4.79 Å². The van der Waals surface area contributed by atoms with Gasteiger partial charge >= 0.3 is 0 Å². The van der Waals surface area contributed by atoms with Crippen molar-refractivity contribution in [3.63, 3.8) is 0 Å². The first-order valence-corrected chi connectivity index (χ1v) is 6.78. The van der Waals surface area contributed by atoms with E-state index in [-0.39, 0.29) is 17.5 Å². The molecule has 1 unspecified atom stereocenters. The van der Waals surface area contributed by atoms with Crippen LogP contribution in [-0.4, -0.2) is 17.9 Å². The lowest BCUT2D eigenvalue weighted by atomic mass is 9.97. The summed E-state index contributed by atoms with van der Waals surface area (Å²) in [6, 6.07) is 7.91. The molecule has 4 rings (SSSR count). The number of rotatable bonds is 2. The van der Waals surface area contributed by atoms with E-state index in [1.54, 1.807) is 0 Å². The smallest absolute Gasteiger partial charge is 0.293 e. The molecular weight excluding hydrogens is 240 g/mol. The summed E-state index contributed by atoms with van der Waals surface area (Å²) in [5, 5.41) is 7.14. The maximum atomic E-state index is 12.1. The van der Waals surface area contributed by atoms with E-state index in [1.807, 2.05) is 24.3 Å². The molecule has 1 aromatic carbocycles. The average molecular weight is 256 g/mol. The fourth-order valence-corrected chi connectivity index (χ4v) is 3.13. The van der Waals surface area contributed by atoms with Gasteiger partial charge in [-0.2, -0.15) is 5.10 Å². The first-order valence-electron chi connectivity index (χ1n) is 6.78. The molecule has 2 N–H and O–H groups in total. The van der Waals surface area contributed by atoms with Crippen LogP contribution >= 0.6 is 0 Å². The lowest BCUT2D eigenvalue weighted by Gasteiger charge is -2.35. The van der Waals surface area contributed by atoms with Gasteiger partial charge in [0, 0.05) is 5.41 Å². The number of amides is 1. The van der Waals surface area contributed by atoms with Crippen molar-refractivity contribution in [1.82, 2.24) is 5.43 Å². The molecule has 2 heterocycles. The molecule has 0 saturated heterocycles. The van der Waals surface area contributed by atoms with Crippen LogP contribution in [0.1, 0.15) is 26.2 Å². The van der Waals surface area contributed by atoms with Crippen molar-refractivity contribution in [2.45, 2.75) is 32.4 Å². The summed E-state index contributed by atoms with van der Waals surface area (Å²) in [5.41, 5.74) is 5.34. The highest BCUT2D eigenvalue weighted by Gasteiger charge is 2.55. The molecule has 5 heteroatoms. The van der Waals surface area contributed by atoms with E-state index in [4.69, 9.17) is 0 Å². The third kappa shape index (κ3) is 1.35. The number of amidine groups is 1. The highest BCUT2D eigenvalue weighted by Crippen LogP contribution is 2.54. The molecule has 0 radical (unpaired) electrons. The lowest BCUT2D eigenvalue weighted by molar-refractivity contribution is -0.110. The molecule has 98 valence electrons. The number of benzene rings is 1. The van der Waals surface area contributed by atoms with E-state index in [9.17, 15) is 4.79 Å². The van der Waals surface area contributed by atoms with E-state index >= 15 is 0 Å². The van der Waals surface area contributed by atoms with Crippen LogP contribution in [0.5, 0.6) is 0 Å². The predicted molar refractivity (Wildman–Crippen MR) is 73.9 cm³/mol. The molecule has 0 spiro atoms. The van der Waals surface area contributed by atoms with Gasteiger partial charge in [0.1, 0.15) is 6.17 Å². The van der Waals surface area contributed by atoms with Gasteiger partial charge in [-0.15, -0.1) is 0 Å². The Morgan fingerprint density at radius 2 is 2.21 bits per heavy atom. The molecule has 19 heavy (non-hydrogen) atoms. The topological polar surface area (TPSA) is 56.7 Å². The van der Waals surface area contributed by atoms with Crippen molar-refractivity contribution in [3.8, 4) is 0 Å². The number of fused-ring (bicyclic) bond motifs is 3. The molecule has 1 atom stereocenters. The summed E-state index contributed by atoms with van der Waals surface area (Å²) < 4.78 is 0. The average Bonchev–Trinajstić information content (AvgIpc) is 3.10. The number of carbonyl (C=O) groups is 1. The number of hydrogen-bond donors (Lipinski definition) is 2. The van der Waals surface area contributed by atoms with Gasteiger partial charge in [-0.1, -0.05) is 19.1 Å². The monoisotopic (exact) mass is 256 g/mol. The summed E-state index contributed by atoms with van der Waals surface area (Å²) in [4.78, 5) is 14.2. The molecule has 1 aliphatic carbocycles. The summed E-state index contributed by atoms with van der Waals surface area (Å²) in [6.07, 6.45) is 3.61. The van der Waals surface area contributed by atoms with Crippen LogP contribution in [0.15, 0.2) is 29.4 Å². The largest absolute Gasteiger partial charge is 0.317 e. The van der Waals surface area contributed by atoms with Gasteiger partial charge in [-0.25, -0.2) is 0 Å². The molecule has 1 amide bonds. The maximum Gasteiger partial charge on any atom is 0.293 e. The number of carbonyl (C=O) groups excluding carboxylic acids is 1. The van der Waals surface area contributed by atoms with Crippen LogP contribution in [0.3, 0.4) is 0 Å². The van der Waals surface area contributed by atoms with Crippen LogP contribution in [0, 0.1) is 5.41 Å². The zero-order chi connectivity index (χ0) is 13.0. The minimum Gasteiger partial charge on any atom is -0.317 e. The van der Waals surface area contributed by atoms with Crippen molar-refractivity contribution >= 4 is 23.1 Å². The van der Waals surface area contributed by atoms with Gasteiger partial charge in [0.25, 0.3) is 5.91 Å². The summed E-state index contributed by atoms with van der Waals surface area (Å²) in [7, 11) is 0. The Balaban J connectivity index is 1.82. The molecule has 0 aromatic heterocycles. The fraction of sp³-hybridized carbons (Fsp3) is 0.429. The highest BCUT2D eigenvalue weighted by molar-refractivity contribution is 6.49. The third-order valence-corrected chi connectivity index (χ3v) is 4.57. The Kier molecular flexibility index (Phi) is 2.00. The molecule has 1 fully saturated rings. The minimum absolute atomic E-state index is 0.111.